The van der Waals surface area contributed by atoms with E-state index in [4.69, 9.17) is 4.98 Å². The summed E-state index contributed by atoms with van der Waals surface area (Å²) < 4.78 is 29.2. The van der Waals surface area contributed by atoms with Crippen LogP contribution in [0.25, 0.3) is 22.2 Å². The molecular weight excluding hydrogens is 484 g/mol. The first kappa shape index (κ1) is 22.7. The fourth-order valence-corrected chi connectivity index (χ4v) is 5.50. The fraction of sp³-hybridized carbons (Fsp3) is 0.0833. The molecule has 5 aromatic rings. The Kier molecular flexibility index (Phi) is 5.79. The highest BCUT2D eigenvalue weighted by molar-refractivity contribution is 7.93. The van der Waals surface area contributed by atoms with Crippen molar-refractivity contribution in [3.8, 4) is 11.3 Å². The molecule has 0 saturated heterocycles. The van der Waals surface area contributed by atoms with Gasteiger partial charge in [0.2, 0.25) is 0 Å². The van der Waals surface area contributed by atoms with E-state index in [9.17, 15) is 13.2 Å². The number of aryl methyl sites for hydroxylation is 2. The van der Waals surface area contributed by atoms with Gasteiger partial charge in [0.15, 0.2) is 5.13 Å². The number of sulfonamides is 1. The van der Waals surface area contributed by atoms with Crippen LogP contribution in [0.15, 0.2) is 77.3 Å². The Balaban J connectivity index is 1.44. The number of nitrogens with one attached hydrogen (secondary N) is 2. The van der Waals surface area contributed by atoms with Crippen molar-refractivity contribution >= 4 is 49.0 Å². The Morgan fingerprint density at radius 2 is 1.86 bits per heavy atom. The molecule has 176 valence electrons. The summed E-state index contributed by atoms with van der Waals surface area (Å²) >= 11 is 1.19. The molecule has 0 atom stereocenters. The lowest BCUT2D eigenvalue weighted by atomic mass is 10.0. The average Bonchev–Trinajstić information content (AvgIpc) is 3.46. The molecule has 0 spiro atoms. The van der Waals surface area contributed by atoms with Crippen LogP contribution in [0, 0.1) is 6.92 Å². The van der Waals surface area contributed by atoms with Crippen molar-refractivity contribution in [2.24, 2.45) is 7.05 Å². The standard InChI is InChI=1S/C24H20N6O3S2/c1-15-20(14-30(2)28-15)22-13-19(18-5-3-4-6-21(18)27-22)23(31)26-16-7-9-17(10-8-16)35(32,33)29-24-25-11-12-34-24/h3-14H,1-2H3,(H,25,29)(H,26,31). The van der Waals surface area contributed by atoms with Gasteiger partial charge in [-0.3, -0.25) is 14.2 Å². The molecule has 0 aliphatic carbocycles. The van der Waals surface area contributed by atoms with Crippen LogP contribution in [-0.4, -0.2) is 34.1 Å². The summed E-state index contributed by atoms with van der Waals surface area (Å²) in [5.41, 5.74) is 3.90. The van der Waals surface area contributed by atoms with Crippen molar-refractivity contribution < 1.29 is 13.2 Å². The third-order valence-electron chi connectivity index (χ3n) is 5.33. The first-order valence-corrected chi connectivity index (χ1v) is 12.9. The average molecular weight is 505 g/mol. The van der Waals surface area contributed by atoms with Gasteiger partial charge in [0.1, 0.15) is 0 Å². The smallest absolute Gasteiger partial charge is 0.263 e. The minimum atomic E-state index is -3.78. The van der Waals surface area contributed by atoms with Gasteiger partial charge in [-0.2, -0.15) is 5.10 Å². The van der Waals surface area contributed by atoms with Crippen molar-refractivity contribution in [1.82, 2.24) is 19.7 Å². The predicted molar refractivity (Wildman–Crippen MR) is 136 cm³/mol. The van der Waals surface area contributed by atoms with Crippen LogP contribution < -0.4 is 10.0 Å². The molecule has 2 aromatic carbocycles. The zero-order chi connectivity index (χ0) is 24.6. The van der Waals surface area contributed by atoms with Crippen molar-refractivity contribution in [2.75, 3.05) is 10.0 Å². The van der Waals surface area contributed by atoms with E-state index in [1.165, 1.54) is 29.7 Å². The fourth-order valence-electron chi connectivity index (χ4n) is 3.72. The van der Waals surface area contributed by atoms with Gasteiger partial charge < -0.3 is 5.32 Å². The highest BCUT2D eigenvalue weighted by Crippen LogP contribution is 2.27. The van der Waals surface area contributed by atoms with Gasteiger partial charge in [0, 0.05) is 41.5 Å². The zero-order valence-electron chi connectivity index (χ0n) is 18.8. The molecule has 1 amide bonds. The number of amides is 1. The number of nitrogens with zero attached hydrogens (tertiary/aromatic N) is 4. The summed E-state index contributed by atoms with van der Waals surface area (Å²) in [5, 5.41) is 9.91. The second-order valence-corrected chi connectivity index (χ2v) is 10.4. The lowest BCUT2D eigenvalue weighted by Gasteiger charge is -2.11. The van der Waals surface area contributed by atoms with Gasteiger partial charge in [-0.25, -0.2) is 18.4 Å². The van der Waals surface area contributed by atoms with Gasteiger partial charge in [-0.15, -0.1) is 11.3 Å². The number of fused-ring (bicyclic) bond motifs is 1. The number of benzene rings is 2. The Bertz CT molecular complexity index is 1640. The van der Waals surface area contributed by atoms with Crippen LogP contribution in [0.5, 0.6) is 0 Å². The summed E-state index contributed by atoms with van der Waals surface area (Å²) in [7, 11) is -1.94. The molecule has 0 saturated carbocycles. The third-order valence-corrected chi connectivity index (χ3v) is 7.50. The van der Waals surface area contributed by atoms with Crippen molar-refractivity contribution in [2.45, 2.75) is 11.8 Å². The number of carbonyl (C=O) groups excluding carboxylic acids is 1. The van der Waals surface area contributed by atoms with Crippen molar-refractivity contribution in [3.05, 3.63) is 83.6 Å². The number of rotatable bonds is 6. The molecule has 0 fully saturated rings. The number of aromatic nitrogens is 4. The molecule has 5 rings (SSSR count). The molecule has 0 unspecified atom stereocenters. The molecule has 3 heterocycles. The SMILES string of the molecule is Cc1nn(C)cc1-c1cc(C(=O)Nc2ccc(S(=O)(=O)Nc3nccs3)cc2)c2ccccc2n1. The molecule has 0 aliphatic heterocycles. The summed E-state index contributed by atoms with van der Waals surface area (Å²) in [6, 6.07) is 15.1. The Morgan fingerprint density at radius 3 is 2.54 bits per heavy atom. The maximum absolute atomic E-state index is 13.3. The number of pyridine rings is 1. The van der Waals surface area contributed by atoms with E-state index in [0.29, 0.717) is 27.8 Å². The van der Waals surface area contributed by atoms with Crippen LogP contribution in [-0.2, 0) is 17.1 Å². The molecule has 11 heteroatoms. The number of hydrogen-bond acceptors (Lipinski definition) is 7. The van der Waals surface area contributed by atoms with Gasteiger partial charge >= 0.3 is 0 Å². The van der Waals surface area contributed by atoms with Crippen molar-refractivity contribution in [1.29, 1.82) is 0 Å². The minimum Gasteiger partial charge on any atom is -0.322 e. The Labute approximate surface area is 205 Å². The maximum atomic E-state index is 13.3. The molecule has 0 bridgehead atoms. The quantitative estimate of drug-likeness (QED) is 0.353. The second kappa shape index (κ2) is 8.93. The Hall–Kier alpha value is -4.09. The first-order chi connectivity index (χ1) is 16.8. The molecular formula is C24H20N6O3S2. The summed E-state index contributed by atoms with van der Waals surface area (Å²) in [5.74, 6) is -0.331. The van der Waals surface area contributed by atoms with Gasteiger partial charge in [0.05, 0.1) is 27.4 Å². The number of anilines is 2. The van der Waals surface area contributed by atoms with E-state index in [2.05, 4.69) is 20.1 Å². The Morgan fingerprint density at radius 1 is 1.09 bits per heavy atom. The zero-order valence-corrected chi connectivity index (χ0v) is 20.4. The normalized spacial score (nSPS) is 11.5. The molecule has 9 nitrogen and oxygen atoms in total. The van der Waals surface area contributed by atoms with Crippen LogP contribution in [0.1, 0.15) is 16.1 Å². The van der Waals surface area contributed by atoms with Gasteiger partial charge in [-0.1, -0.05) is 18.2 Å². The van der Waals surface area contributed by atoms with E-state index in [1.54, 1.807) is 28.3 Å². The highest BCUT2D eigenvalue weighted by Gasteiger charge is 2.18. The lowest BCUT2D eigenvalue weighted by molar-refractivity contribution is 0.102. The summed E-state index contributed by atoms with van der Waals surface area (Å²) in [6.07, 6.45) is 3.39. The molecule has 0 radical (unpaired) electrons. The predicted octanol–water partition coefficient (Wildman–Crippen LogP) is 4.45. The highest BCUT2D eigenvalue weighted by atomic mass is 32.2. The van der Waals surface area contributed by atoms with Gasteiger partial charge in [0.25, 0.3) is 15.9 Å². The largest absolute Gasteiger partial charge is 0.322 e. The summed E-state index contributed by atoms with van der Waals surface area (Å²) in [4.78, 5) is 22.0. The molecule has 35 heavy (non-hydrogen) atoms. The number of thiazole rings is 1. The maximum Gasteiger partial charge on any atom is 0.263 e. The van der Waals surface area contributed by atoms with E-state index in [-0.39, 0.29) is 15.9 Å². The third kappa shape index (κ3) is 4.63. The number of hydrogen-bond donors (Lipinski definition) is 2. The number of carbonyl (C=O) groups is 1. The van der Waals surface area contributed by atoms with Crippen LogP contribution in [0.3, 0.4) is 0 Å². The molecule has 0 aliphatic rings. The van der Waals surface area contributed by atoms with Gasteiger partial charge in [-0.05, 0) is 43.3 Å². The van der Waals surface area contributed by atoms with E-state index in [0.717, 1.165) is 11.3 Å². The lowest BCUT2D eigenvalue weighted by Crippen LogP contribution is -2.14. The topological polar surface area (TPSA) is 119 Å². The molecule has 3 aromatic heterocycles. The number of para-hydroxylation sites is 1. The minimum absolute atomic E-state index is 0.0643. The van der Waals surface area contributed by atoms with E-state index < -0.39 is 10.0 Å². The van der Waals surface area contributed by atoms with E-state index in [1.807, 2.05) is 44.4 Å². The van der Waals surface area contributed by atoms with E-state index >= 15 is 0 Å². The van der Waals surface area contributed by atoms with Crippen LogP contribution >= 0.6 is 11.3 Å². The van der Waals surface area contributed by atoms with Crippen molar-refractivity contribution in [3.63, 3.8) is 0 Å². The molecule has 2 N–H and O–H groups in total. The van der Waals surface area contributed by atoms with Crippen LogP contribution in [0.2, 0.25) is 0 Å². The monoisotopic (exact) mass is 504 g/mol. The van der Waals surface area contributed by atoms with Crippen LogP contribution in [0.4, 0.5) is 10.8 Å². The summed E-state index contributed by atoms with van der Waals surface area (Å²) in [6.45, 7) is 1.89. The second-order valence-electron chi connectivity index (χ2n) is 7.80. The first-order valence-electron chi connectivity index (χ1n) is 10.5.